The first-order valence-electron chi connectivity index (χ1n) is 6.29. The number of benzene rings is 1. The van der Waals surface area contributed by atoms with Gasteiger partial charge in [0, 0.05) is 16.6 Å². The number of H-pyrrole nitrogens is 1. The minimum atomic E-state index is 0.100. The van der Waals surface area contributed by atoms with Crippen LogP contribution in [-0.4, -0.2) is 16.7 Å². The number of aliphatic hydroxyl groups excluding tert-OH is 1. The fourth-order valence-electron chi connectivity index (χ4n) is 2.72. The highest BCUT2D eigenvalue weighted by molar-refractivity contribution is 5.87. The molecule has 1 heterocycles. The molecule has 2 heteroatoms. The van der Waals surface area contributed by atoms with Crippen LogP contribution in [0.15, 0.2) is 24.3 Å². The van der Waals surface area contributed by atoms with Crippen LogP contribution in [0.2, 0.25) is 0 Å². The van der Waals surface area contributed by atoms with Gasteiger partial charge in [-0.05, 0) is 48.9 Å². The van der Waals surface area contributed by atoms with Crippen molar-refractivity contribution in [3.8, 4) is 0 Å². The monoisotopic (exact) mass is 227 g/mol. The van der Waals surface area contributed by atoms with E-state index in [1.54, 1.807) is 6.08 Å². The van der Waals surface area contributed by atoms with Gasteiger partial charge in [-0.25, -0.2) is 0 Å². The maximum atomic E-state index is 8.80. The van der Waals surface area contributed by atoms with Crippen molar-refractivity contribution in [3.05, 3.63) is 41.1 Å². The van der Waals surface area contributed by atoms with Crippen molar-refractivity contribution in [2.75, 3.05) is 6.61 Å². The number of hydrogen-bond donors (Lipinski definition) is 2. The predicted molar refractivity (Wildman–Crippen MR) is 71.1 cm³/mol. The summed E-state index contributed by atoms with van der Waals surface area (Å²) >= 11 is 0. The van der Waals surface area contributed by atoms with Gasteiger partial charge in [-0.3, -0.25) is 0 Å². The van der Waals surface area contributed by atoms with Gasteiger partial charge < -0.3 is 10.1 Å². The first-order valence-corrected chi connectivity index (χ1v) is 6.29. The molecule has 1 aliphatic rings. The van der Waals surface area contributed by atoms with Crippen LogP contribution in [0.4, 0.5) is 0 Å². The summed E-state index contributed by atoms with van der Waals surface area (Å²) in [5, 5.41) is 10.2. The fourth-order valence-corrected chi connectivity index (χ4v) is 2.72. The Morgan fingerprint density at radius 2 is 2.12 bits per heavy atom. The zero-order valence-electron chi connectivity index (χ0n) is 9.87. The number of rotatable bonds is 2. The van der Waals surface area contributed by atoms with Crippen molar-refractivity contribution in [3.63, 3.8) is 0 Å². The van der Waals surface area contributed by atoms with E-state index in [0.29, 0.717) is 0 Å². The number of aromatic nitrogens is 1. The lowest BCUT2D eigenvalue weighted by Crippen LogP contribution is -1.99. The summed E-state index contributed by atoms with van der Waals surface area (Å²) in [6, 6.07) is 6.46. The van der Waals surface area contributed by atoms with Crippen LogP contribution in [0.1, 0.15) is 29.7 Å². The SMILES string of the molecule is OCC=Cc1ccc2[nH]c3c(c2c1)CCCC3. The molecule has 0 fully saturated rings. The van der Waals surface area contributed by atoms with E-state index in [2.05, 4.69) is 23.2 Å². The summed E-state index contributed by atoms with van der Waals surface area (Å²) in [5.74, 6) is 0. The summed E-state index contributed by atoms with van der Waals surface area (Å²) in [6.45, 7) is 0.100. The molecule has 0 amide bonds. The third kappa shape index (κ3) is 1.89. The second-order valence-corrected chi connectivity index (χ2v) is 4.68. The van der Waals surface area contributed by atoms with Gasteiger partial charge in [-0.15, -0.1) is 0 Å². The Labute approximate surface area is 101 Å². The maximum absolute atomic E-state index is 8.80. The minimum absolute atomic E-state index is 0.100. The molecule has 3 rings (SSSR count). The Bertz CT molecular complexity index is 566. The number of fused-ring (bicyclic) bond motifs is 3. The lowest BCUT2D eigenvalue weighted by Gasteiger charge is -2.10. The van der Waals surface area contributed by atoms with Crippen molar-refractivity contribution in [2.45, 2.75) is 25.7 Å². The van der Waals surface area contributed by atoms with E-state index in [1.165, 1.54) is 53.4 Å². The van der Waals surface area contributed by atoms with Crippen molar-refractivity contribution >= 4 is 17.0 Å². The van der Waals surface area contributed by atoms with E-state index >= 15 is 0 Å². The first-order chi connectivity index (χ1) is 8.38. The number of nitrogens with one attached hydrogen (secondary N) is 1. The summed E-state index contributed by atoms with van der Waals surface area (Å²) in [6.07, 6.45) is 8.74. The molecule has 1 aliphatic carbocycles. The van der Waals surface area contributed by atoms with Crippen molar-refractivity contribution in [2.24, 2.45) is 0 Å². The van der Waals surface area contributed by atoms with Gasteiger partial charge in [0.1, 0.15) is 0 Å². The smallest absolute Gasteiger partial charge is 0.0615 e. The highest BCUT2D eigenvalue weighted by Gasteiger charge is 2.14. The average Bonchev–Trinajstić information content (AvgIpc) is 2.74. The zero-order valence-corrected chi connectivity index (χ0v) is 9.87. The van der Waals surface area contributed by atoms with Crippen LogP contribution in [0.5, 0.6) is 0 Å². The molecule has 88 valence electrons. The molecule has 17 heavy (non-hydrogen) atoms. The van der Waals surface area contributed by atoms with E-state index in [-0.39, 0.29) is 6.61 Å². The standard InChI is InChI=1S/C15H17NO/c17-9-3-4-11-7-8-15-13(10-11)12-5-1-2-6-14(12)16-15/h3-4,7-8,10,16-17H,1-2,5-6,9H2. The van der Waals surface area contributed by atoms with Crippen LogP contribution in [-0.2, 0) is 12.8 Å². The van der Waals surface area contributed by atoms with E-state index in [4.69, 9.17) is 5.11 Å². The second kappa shape index (κ2) is 4.38. The Morgan fingerprint density at radius 3 is 3.00 bits per heavy atom. The number of aryl methyl sites for hydroxylation is 2. The summed E-state index contributed by atoms with van der Waals surface area (Å²) < 4.78 is 0. The highest BCUT2D eigenvalue weighted by Crippen LogP contribution is 2.29. The van der Waals surface area contributed by atoms with E-state index in [9.17, 15) is 0 Å². The van der Waals surface area contributed by atoms with Gasteiger partial charge in [0.25, 0.3) is 0 Å². The molecule has 0 atom stereocenters. The molecule has 2 aromatic rings. The molecular formula is C15H17NO. The molecule has 2 nitrogen and oxygen atoms in total. The van der Waals surface area contributed by atoms with Crippen LogP contribution < -0.4 is 0 Å². The lowest BCUT2D eigenvalue weighted by molar-refractivity contribution is 0.343. The lowest BCUT2D eigenvalue weighted by atomic mass is 9.95. The molecule has 0 unspecified atom stereocenters. The van der Waals surface area contributed by atoms with Crippen LogP contribution in [0.25, 0.3) is 17.0 Å². The highest BCUT2D eigenvalue weighted by atomic mass is 16.2. The van der Waals surface area contributed by atoms with Crippen LogP contribution in [0.3, 0.4) is 0 Å². The third-order valence-electron chi connectivity index (χ3n) is 3.54. The molecular weight excluding hydrogens is 210 g/mol. The van der Waals surface area contributed by atoms with E-state index in [0.717, 1.165) is 0 Å². The van der Waals surface area contributed by atoms with Gasteiger partial charge in [0.2, 0.25) is 0 Å². The Morgan fingerprint density at radius 1 is 1.24 bits per heavy atom. The van der Waals surface area contributed by atoms with Crippen molar-refractivity contribution in [1.82, 2.24) is 4.98 Å². The van der Waals surface area contributed by atoms with Crippen molar-refractivity contribution < 1.29 is 5.11 Å². The third-order valence-corrected chi connectivity index (χ3v) is 3.54. The number of aliphatic hydroxyl groups is 1. The van der Waals surface area contributed by atoms with Crippen LogP contribution >= 0.6 is 0 Å². The quantitative estimate of drug-likeness (QED) is 0.812. The molecule has 0 saturated carbocycles. The largest absolute Gasteiger partial charge is 0.392 e. The van der Waals surface area contributed by atoms with Crippen LogP contribution in [0, 0.1) is 0 Å². The molecule has 1 aromatic heterocycles. The van der Waals surface area contributed by atoms with Gasteiger partial charge >= 0.3 is 0 Å². The second-order valence-electron chi connectivity index (χ2n) is 4.68. The molecule has 0 spiro atoms. The molecule has 0 radical (unpaired) electrons. The molecule has 0 bridgehead atoms. The topological polar surface area (TPSA) is 36.0 Å². The van der Waals surface area contributed by atoms with Gasteiger partial charge in [0.15, 0.2) is 0 Å². The fraction of sp³-hybridized carbons (Fsp3) is 0.333. The normalized spacial score (nSPS) is 15.6. The summed E-state index contributed by atoms with van der Waals surface area (Å²) in [5.41, 5.74) is 5.34. The summed E-state index contributed by atoms with van der Waals surface area (Å²) in [7, 11) is 0. The minimum Gasteiger partial charge on any atom is -0.392 e. The van der Waals surface area contributed by atoms with Gasteiger partial charge in [-0.1, -0.05) is 18.2 Å². The van der Waals surface area contributed by atoms with Crippen molar-refractivity contribution in [1.29, 1.82) is 0 Å². The Balaban J connectivity index is 2.11. The Hall–Kier alpha value is -1.54. The first kappa shape index (κ1) is 10.6. The van der Waals surface area contributed by atoms with E-state index in [1.807, 2.05) is 6.08 Å². The molecule has 2 N–H and O–H groups in total. The van der Waals surface area contributed by atoms with Gasteiger partial charge in [0.05, 0.1) is 6.61 Å². The summed E-state index contributed by atoms with van der Waals surface area (Å²) in [4.78, 5) is 3.53. The predicted octanol–water partition coefficient (Wildman–Crippen LogP) is 3.05. The number of hydrogen-bond acceptors (Lipinski definition) is 1. The number of aromatic amines is 1. The maximum Gasteiger partial charge on any atom is 0.0615 e. The average molecular weight is 227 g/mol. The zero-order chi connectivity index (χ0) is 11.7. The molecule has 0 aliphatic heterocycles. The van der Waals surface area contributed by atoms with E-state index < -0.39 is 0 Å². The molecule has 0 saturated heterocycles. The molecule has 1 aromatic carbocycles. The Kier molecular flexibility index (Phi) is 2.73. The van der Waals surface area contributed by atoms with Gasteiger partial charge in [-0.2, -0.15) is 0 Å².